The van der Waals surface area contributed by atoms with Crippen molar-refractivity contribution < 1.29 is 11.3 Å². The minimum atomic E-state index is -3.74. The fourth-order valence-electron chi connectivity index (χ4n) is 2.48. The van der Waals surface area contributed by atoms with E-state index in [0.717, 1.165) is 17.0 Å². The number of anilines is 2. The minimum absolute atomic E-state index is 0. The zero-order valence-electron chi connectivity index (χ0n) is 13.6. The van der Waals surface area contributed by atoms with Gasteiger partial charge in [0.25, 0.3) is 0 Å². The highest BCUT2D eigenvalue weighted by Gasteiger charge is 2.25. The summed E-state index contributed by atoms with van der Waals surface area (Å²) in [4.78, 5) is 9.39. The molecule has 0 spiro atoms. The second kappa shape index (κ2) is 6.31. The van der Waals surface area contributed by atoms with Gasteiger partial charge in [0.15, 0.2) is 11.6 Å². The van der Waals surface area contributed by atoms with E-state index in [0.29, 0.717) is 33.8 Å². The number of sulfonamides is 1. The molecule has 0 unspecified atom stereocenters. The lowest BCUT2D eigenvalue weighted by molar-refractivity contribution is 0.600. The molecule has 26 heavy (non-hydrogen) atoms. The first-order valence-electron chi connectivity index (χ1n) is 7.89. The van der Waals surface area contributed by atoms with Crippen LogP contribution in [0.2, 0.25) is 0 Å². The van der Waals surface area contributed by atoms with E-state index in [1.54, 1.807) is 18.3 Å². The number of primary sulfonamides is 1. The van der Waals surface area contributed by atoms with Crippen molar-refractivity contribution in [2.75, 3.05) is 5.32 Å². The quantitative estimate of drug-likeness (QED) is 0.590. The zero-order chi connectivity index (χ0) is 18.3. The lowest BCUT2D eigenvalue weighted by Gasteiger charge is -2.07. The number of nitrogens with two attached hydrogens (primary N) is 1. The molecule has 1 fully saturated rings. The fraction of sp³-hybridized carbons (Fsp3) is 0.188. The maximum atomic E-state index is 11.5. The van der Waals surface area contributed by atoms with Gasteiger partial charge >= 0.3 is 0 Å². The molecule has 0 radical (unpaired) electrons. The van der Waals surface area contributed by atoms with Crippen LogP contribution >= 0.6 is 11.3 Å². The SMILES string of the molecule is C=Cc1cnc(-c2ccc(S(N)(=O)=O)s2)nc1Nc1cc(C2CC2)[nH]n1.[HH].[HH]. The zero-order valence-corrected chi connectivity index (χ0v) is 15.3. The average Bonchev–Trinajstić information content (AvgIpc) is 3.14. The van der Waals surface area contributed by atoms with Gasteiger partial charge in [-0.05, 0) is 25.0 Å². The Hall–Kier alpha value is -2.56. The molecule has 1 aliphatic rings. The smallest absolute Gasteiger partial charge is 0.247 e. The van der Waals surface area contributed by atoms with Crippen molar-refractivity contribution in [1.82, 2.24) is 20.2 Å². The van der Waals surface area contributed by atoms with Crippen LogP contribution in [0.4, 0.5) is 11.6 Å². The highest BCUT2D eigenvalue weighted by atomic mass is 32.2. The monoisotopic (exact) mass is 392 g/mol. The molecule has 1 saturated carbocycles. The lowest BCUT2D eigenvalue weighted by atomic mass is 10.3. The normalized spacial score (nSPS) is 14.3. The molecular formula is C16H20N6O2S2. The third-order valence-electron chi connectivity index (χ3n) is 3.98. The van der Waals surface area contributed by atoms with Crippen LogP contribution in [0, 0.1) is 0 Å². The molecule has 3 aromatic heterocycles. The van der Waals surface area contributed by atoms with Crippen LogP contribution in [0.3, 0.4) is 0 Å². The average molecular weight is 393 g/mol. The van der Waals surface area contributed by atoms with Crippen molar-refractivity contribution in [1.29, 1.82) is 0 Å². The van der Waals surface area contributed by atoms with Crippen molar-refractivity contribution in [3.8, 4) is 10.7 Å². The van der Waals surface area contributed by atoms with Gasteiger partial charge in [0.05, 0.1) is 4.88 Å². The number of nitrogens with zero attached hydrogens (tertiary/aromatic N) is 3. The Morgan fingerprint density at radius 2 is 2.23 bits per heavy atom. The Morgan fingerprint density at radius 1 is 1.42 bits per heavy atom. The topological polar surface area (TPSA) is 127 Å². The fourth-order valence-corrected chi connectivity index (χ4v) is 4.15. The Kier molecular flexibility index (Phi) is 4.10. The molecule has 0 aliphatic heterocycles. The Morgan fingerprint density at radius 3 is 2.88 bits per heavy atom. The second-order valence-electron chi connectivity index (χ2n) is 5.97. The molecule has 0 atom stereocenters. The van der Waals surface area contributed by atoms with Crippen LogP contribution in [-0.2, 0) is 10.0 Å². The van der Waals surface area contributed by atoms with E-state index in [2.05, 4.69) is 32.1 Å². The van der Waals surface area contributed by atoms with E-state index in [1.807, 2.05) is 6.07 Å². The van der Waals surface area contributed by atoms with Gasteiger partial charge in [0.1, 0.15) is 10.0 Å². The summed E-state index contributed by atoms with van der Waals surface area (Å²) < 4.78 is 23.0. The number of nitrogens with one attached hydrogen (secondary N) is 2. The Bertz CT molecular complexity index is 1090. The summed E-state index contributed by atoms with van der Waals surface area (Å²) in [6.07, 6.45) is 5.64. The summed E-state index contributed by atoms with van der Waals surface area (Å²) in [5.74, 6) is 2.18. The van der Waals surface area contributed by atoms with Crippen LogP contribution < -0.4 is 10.5 Å². The number of thiophene rings is 1. The first-order valence-corrected chi connectivity index (χ1v) is 10.2. The lowest BCUT2D eigenvalue weighted by Crippen LogP contribution is -2.09. The van der Waals surface area contributed by atoms with Gasteiger partial charge in [-0.15, -0.1) is 11.3 Å². The van der Waals surface area contributed by atoms with Crippen molar-refractivity contribution in [3.05, 3.63) is 42.2 Å². The number of rotatable bonds is 6. The summed E-state index contributed by atoms with van der Waals surface area (Å²) in [5, 5.41) is 15.6. The molecule has 4 rings (SSSR count). The van der Waals surface area contributed by atoms with Gasteiger partial charge in [0, 0.05) is 32.3 Å². The van der Waals surface area contributed by atoms with Crippen LogP contribution in [0.15, 0.2) is 35.2 Å². The predicted octanol–water partition coefficient (Wildman–Crippen LogP) is 3.33. The van der Waals surface area contributed by atoms with Gasteiger partial charge < -0.3 is 5.32 Å². The van der Waals surface area contributed by atoms with Crippen LogP contribution in [0.5, 0.6) is 0 Å². The Labute approximate surface area is 157 Å². The van der Waals surface area contributed by atoms with Gasteiger partial charge in [0.2, 0.25) is 10.0 Å². The van der Waals surface area contributed by atoms with E-state index >= 15 is 0 Å². The van der Waals surface area contributed by atoms with E-state index in [4.69, 9.17) is 5.14 Å². The van der Waals surface area contributed by atoms with E-state index in [1.165, 1.54) is 18.9 Å². The van der Waals surface area contributed by atoms with Gasteiger partial charge in [-0.3, -0.25) is 5.10 Å². The molecule has 3 aromatic rings. The standard InChI is InChI=1S/C16H16N6O2S2.2H2/c1-2-9-8-18-16(12-5-6-14(25-12)26(17,23)24)20-15(9)19-13-7-11(21-22-13)10-3-4-10;;/h2,5-8,10H,1,3-4H2,(H2,17,23,24)(H2,18,19,20,21,22);2*1H. The maximum absolute atomic E-state index is 11.5. The molecule has 3 heterocycles. The molecule has 0 aromatic carbocycles. The molecule has 138 valence electrons. The number of hydrogen-bond donors (Lipinski definition) is 3. The summed E-state index contributed by atoms with van der Waals surface area (Å²) >= 11 is 1.02. The summed E-state index contributed by atoms with van der Waals surface area (Å²) in [5.41, 5.74) is 1.82. The Balaban J connectivity index is 0.00000140. The number of aromatic nitrogens is 4. The third-order valence-corrected chi connectivity index (χ3v) is 6.50. The molecule has 1 aliphatic carbocycles. The molecule has 0 bridgehead atoms. The first-order chi connectivity index (χ1) is 12.4. The maximum Gasteiger partial charge on any atom is 0.247 e. The van der Waals surface area contributed by atoms with E-state index in [9.17, 15) is 8.42 Å². The highest BCUT2D eigenvalue weighted by molar-refractivity contribution is 7.91. The number of aromatic amines is 1. The molecule has 4 N–H and O–H groups in total. The molecule has 0 amide bonds. The van der Waals surface area contributed by atoms with Crippen molar-refractivity contribution in [2.24, 2.45) is 5.14 Å². The number of hydrogen-bond acceptors (Lipinski definition) is 7. The highest BCUT2D eigenvalue weighted by Crippen LogP contribution is 2.39. The van der Waals surface area contributed by atoms with Crippen LogP contribution in [-0.4, -0.2) is 28.6 Å². The third kappa shape index (κ3) is 3.39. The molecule has 0 saturated heterocycles. The van der Waals surface area contributed by atoms with Crippen molar-refractivity contribution in [3.63, 3.8) is 0 Å². The van der Waals surface area contributed by atoms with Gasteiger partial charge in [-0.25, -0.2) is 23.5 Å². The predicted molar refractivity (Wildman–Crippen MR) is 105 cm³/mol. The summed E-state index contributed by atoms with van der Waals surface area (Å²) in [6.45, 7) is 3.77. The summed E-state index contributed by atoms with van der Waals surface area (Å²) in [6, 6.07) is 5.05. The van der Waals surface area contributed by atoms with E-state index < -0.39 is 10.0 Å². The number of H-pyrrole nitrogens is 1. The first kappa shape index (κ1) is 16.9. The van der Waals surface area contributed by atoms with Gasteiger partial charge in [-0.2, -0.15) is 5.10 Å². The van der Waals surface area contributed by atoms with Crippen molar-refractivity contribution >= 4 is 39.1 Å². The molecular weight excluding hydrogens is 372 g/mol. The molecule has 10 heteroatoms. The van der Waals surface area contributed by atoms with Gasteiger partial charge in [-0.1, -0.05) is 12.7 Å². The van der Waals surface area contributed by atoms with Crippen LogP contribution in [0.25, 0.3) is 16.8 Å². The summed E-state index contributed by atoms with van der Waals surface area (Å²) in [7, 11) is -3.74. The van der Waals surface area contributed by atoms with Crippen LogP contribution in [0.1, 0.15) is 32.9 Å². The van der Waals surface area contributed by atoms with Crippen molar-refractivity contribution in [2.45, 2.75) is 23.0 Å². The molecule has 8 nitrogen and oxygen atoms in total. The van der Waals surface area contributed by atoms with E-state index in [-0.39, 0.29) is 7.06 Å². The second-order valence-corrected chi connectivity index (χ2v) is 8.85. The largest absolute Gasteiger partial charge is 0.323 e. The minimum Gasteiger partial charge on any atom is -0.323 e.